The molecule has 1 atom stereocenters. The van der Waals surface area contributed by atoms with Crippen molar-refractivity contribution >= 4 is 6.09 Å². The Morgan fingerprint density at radius 1 is 1.32 bits per heavy atom. The van der Waals surface area contributed by atoms with E-state index in [1.165, 1.54) is 0 Å². The summed E-state index contributed by atoms with van der Waals surface area (Å²) in [5.41, 5.74) is 0.676. The molecule has 0 fully saturated rings. The minimum atomic E-state index is -0.472. The van der Waals surface area contributed by atoms with Gasteiger partial charge in [-0.25, -0.2) is 4.79 Å². The first-order valence-electron chi connectivity index (χ1n) is 7.72. The lowest BCUT2D eigenvalue weighted by Crippen LogP contribution is -2.40. The molecule has 0 heterocycles. The number of hydrogen-bond donors (Lipinski definition) is 2. The standard InChI is InChI=1S/C17H28N2O3/c1-6-21-15-9-7-8-14(10-15)12-18-13(2)11-19-16(20)22-17(3,4)5/h7-10,13,18H,6,11-12H2,1-5H3,(H,19,20). The Morgan fingerprint density at radius 3 is 2.68 bits per heavy atom. The number of hydrogen-bond acceptors (Lipinski definition) is 4. The molecule has 0 saturated heterocycles. The number of carbonyl (C=O) groups is 1. The van der Waals surface area contributed by atoms with Gasteiger partial charge in [-0.1, -0.05) is 12.1 Å². The zero-order chi connectivity index (χ0) is 16.6. The molecule has 0 aliphatic carbocycles. The molecular formula is C17H28N2O3. The summed E-state index contributed by atoms with van der Waals surface area (Å²) in [4.78, 5) is 11.6. The van der Waals surface area contributed by atoms with Crippen LogP contribution < -0.4 is 15.4 Å². The van der Waals surface area contributed by atoms with Crippen molar-refractivity contribution in [3.63, 3.8) is 0 Å². The van der Waals surface area contributed by atoms with Crippen LogP contribution in [0.4, 0.5) is 4.79 Å². The highest BCUT2D eigenvalue weighted by molar-refractivity contribution is 5.67. The van der Waals surface area contributed by atoms with Crippen LogP contribution in [0.25, 0.3) is 0 Å². The first kappa shape index (κ1) is 18.3. The molecule has 1 unspecified atom stereocenters. The Bertz CT molecular complexity index is 469. The monoisotopic (exact) mass is 308 g/mol. The van der Waals surface area contributed by atoms with E-state index >= 15 is 0 Å². The molecule has 0 spiro atoms. The molecule has 5 nitrogen and oxygen atoms in total. The maximum atomic E-state index is 11.6. The topological polar surface area (TPSA) is 59.6 Å². The third-order valence-electron chi connectivity index (χ3n) is 2.82. The fourth-order valence-electron chi connectivity index (χ4n) is 1.83. The van der Waals surface area contributed by atoms with Gasteiger partial charge >= 0.3 is 6.09 Å². The van der Waals surface area contributed by atoms with Crippen LogP contribution in [0.2, 0.25) is 0 Å². The summed E-state index contributed by atoms with van der Waals surface area (Å²) in [6.45, 7) is 11.4. The molecule has 0 radical (unpaired) electrons. The Labute approximate surface area is 133 Å². The fourth-order valence-corrected chi connectivity index (χ4v) is 1.83. The lowest BCUT2D eigenvalue weighted by atomic mass is 10.2. The van der Waals surface area contributed by atoms with Crippen LogP contribution in [0.15, 0.2) is 24.3 Å². The fraction of sp³-hybridized carbons (Fsp3) is 0.588. The summed E-state index contributed by atoms with van der Waals surface area (Å²) in [7, 11) is 0. The Morgan fingerprint density at radius 2 is 2.05 bits per heavy atom. The Balaban J connectivity index is 2.32. The van der Waals surface area contributed by atoms with Gasteiger partial charge in [0, 0.05) is 19.1 Å². The highest BCUT2D eigenvalue weighted by Crippen LogP contribution is 2.13. The number of nitrogens with one attached hydrogen (secondary N) is 2. The second-order valence-corrected chi connectivity index (χ2v) is 6.25. The van der Waals surface area contributed by atoms with Gasteiger partial charge in [0.15, 0.2) is 0 Å². The van der Waals surface area contributed by atoms with Crippen LogP contribution in [0.5, 0.6) is 5.75 Å². The molecule has 0 aromatic heterocycles. The zero-order valence-corrected chi connectivity index (χ0v) is 14.2. The summed E-state index contributed by atoms with van der Waals surface area (Å²) in [6, 6.07) is 8.13. The lowest BCUT2D eigenvalue weighted by molar-refractivity contribution is 0.0523. The van der Waals surface area contributed by atoms with E-state index in [0.29, 0.717) is 13.2 Å². The molecule has 0 aliphatic heterocycles. The molecule has 2 N–H and O–H groups in total. The normalized spacial score (nSPS) is 12.6. The molecule has 5 heteroatoms. The van der Waals surface area contributed by atoms with Crippen molar-refractivity contribution < 1.29 is 14.3 Å². The average molecular weight is 308 g/mol. The van der Waals surface area contributed by atoms with E-state index < -0.39 is 5.60 Å². The molecule has 1 rings (SSSR count). The van der Waals surface area contributed by atoms with E-state index in [2.05, 4.69) is 10.6 Å². The minimum Gasteiger partial charge on any atom is -0.494 e. The number of rotatable bonds is 7. The van der Waals surface area contributed by atoms with E-state index in [1.54, 1.807) is 0 Å². The number of ether oxygens (including phenoxy) is 2. The summed E-state index contributed by atoms with van der Waals surface area (Å²) in [5.74, 6) is 0.876. The zero-order valence-electron chi connectivity index (χ0n) is 14.2. The van der Waals surface area contributed by atoms with Gasteiger partial charge in [0.2, 0.25) is 0 Å². The molecule has 0 bridgehead atoms. The first-order chi connectivity index (χ1) is 10.3. The van der Waals surface area contributed by atoms with Gasteiger partial charge in [0.05, 0.1) is 6.61 Å². The van der Waals surface area contributed by atoms with Gasteiger partial charge in [0.1, 0.15) is 11.4 Å². The second-order valence-electron chi connectivity index (χ2n) is 6.25. The molecule has 124 valence electrons. The quantitative estimate of drug-likeness (QED) is 0.812. The van der Waals surface area contributed by atoms with Crippen molar-refractivity contribution in [2.24, 2.45) is 0 Å². The SMILES string of the molecule is CCOc1cccc(CNC(C)CNC(=O)OC(C)(C)C)c1. The van der Waals surface area contributed by atoms with Gasteiger partial charge in [-0.2, -0.15) is 0 Å². The van der Waals surface area contributed by atoms with Crippen LogP contribution in [0.1, 0.15) is 40.2 Å². The lowest BCUT2D eigenvalue weighted by Gasteiger charge is -2.21. The summed E-state index contributed by atoms with van der Waals surface area (Å²) in [5, 5.41) is 6.12. The summed E-state index contributed by atoms with van der Waals surface area (Å²) >= 11 is 0. The van der Waals surface area contributed by atoms with E-state index in [4.69, 9.17) is 9.47 Å². The van der Waals surface area contributed by atoms with Crippen molar-refractivity contribution in [1.82, 2.24) is 10.6 Å². The molecular weight excluding hydrogens is 280 g/mol. The number of benzene rings is 1. The highest BCUT2D eigenvalue weighted by Gasteiger charge is 2.16. The van der Waals surface area contributed by atoms with Crippen molar-refractivity contribution in [2.45, 2.75) is 52.8 Å². The maximum Gasteiger partial charge on any atom is 0.407 e. The van der Waals surface area contributed by atoms with Gasteiger partial charge in [-0.15, -0.1) is 0 Å². The smallest absolute Gasteiger partial charge is 0.407 e. The van der Waals surface area contributed by atoms with E-state index in [0.717, 1.165) is 17.9 Å². The number of carbonyl (C=O) groups excluding carboxylic acids is 1. The van der Waals surface area contributed by atoms with Gasteiger partial charge in [0.25, 0.3) is 0 Å². The number of alkyl carbamates (subject to hydrolysis) is 1. The van der Waals surface area contributed by atoms with Crippen LogP contribution in [0, 0.1) is 0 Å². The summed E-state index contributed by atoms with van der Waals surface area (Å²) in [6.07, 6.45) is -0.389. The highest BCUT2D eigenvalue weighted by atomic mass is 16.6. The first-order valence-corrected chi connectivity index (χ1v) is 7.72. The van der Waals surface area contributed by atoms with Gasteiger partial charge < -0.3 is 20.1 Å². The van der Waals surface area contributed by atoms with Crippen LogP contribution in [-0.4, -0.2) is 30.9 Å². The Kier molecular flexibility index (Phi) is 7.18. The third kappa shape index (κ3) is 7.88. The van der Waals surface area contributed by atoms with Crippen molar-refractivity contribution in [3.05, 3.63) is 29.8 Å². The molecule has 1 amide bonds. The van der Waals surface area contributed by atoms with Crippen molar-refractivity contribution in [3.8, 4) is 5.75 Å². The third-order valence-corrected chi connectivity index (χ3v) is 2.82. The Hall–Kier alpha value is -1.75. The molecule has 22 heavy (non-hydrogen) atoms. The van der Waals surface area contributed by atoms with Crippen molar-refractivity contribution in [2.75, 3.05) is 13.2 Å². The largest absolute Gasteiger partial charge is 0.494 e. The van der Waals surface area contributed by atoms with E-state index in [9.17, 15) is 4.79 Å². The van der Waals surface area contributed by atoms with Crippen LogP contribution in [-0.2, 0) is 11.3 Å². The number of amides is 1. The average Bonchev–Trinajstić information content (AvgIpc) is 2.42. The second kappa shape index (κ2) is 8.63. The van der Waals surface area contributed by atoms with Crippen LogP contribution in [0.3, 0.4) is 0 Å². The van der Waals surface area contributed by atoms with Crippen LogP contribution >= 0.6 is 0 Å². The minimum absolute atomic E-state index is 0.142. The van der Waals surface area contributed by atoms with E-state index in [1.807, 2.05) is 58.9 Å². The molecule has 0 aliphatic rings. The predicted molar refractivity (Wildman–Crippen MR) is 88.1 cm³/mol. The maximum absolute atomic E-state index is 11.6. The van der Waals surface area contributed by atoms with E-state index in [-0.39, 0.29) is 12.1 Å². The molecule has 1 aromatic carbocycles. The predicted octanol–water partition coefficient (Wildman–Crippen LogP) is 3.09. The van der Waals surface area contributed by atoms with Gasteiger partial charge in [-0.3, -0.25) is 0 Å². The van der Waals surface area contributed by atoms with Crippen molar-refractivity contribution in [1.29, 1.82) is 0 Å². The summed E-state index contributed by atoms with van der Waals surface area (Å²) < 4.78 is 10.7. The molecule has 1 aromatic rings. The molecule has 0 saturated carbocycles. The van der Waals surface area contributed by atoms with Gasteiger partial charge in [-0.05, 0) is 52.3 Å².